The van der Waals surface area contributed by atoms with Crippen LogP contribution < -0.4 is 0 Å². The number of rotatable bonds is 1. The minimum atomic E-state index is 0.986. The fourth-order valence-electron chi connectivity index (χ4n) is 0.852. The van der Waals surface area contributed by atoms with Crippen LogP contribution in [0.5, 0.6) is 0 Å². The number of nitrogens with zero attached hydrogens (tertiary/aromatic N) is 1. The van der Waals surface area contributed by atoms with E-state index in [1.54, 1.807) is 0 Å². The molecular weight excluding hydrogens is 134 g/mol. The van der Waals surface area contributed by atoms with E-state index in [9.17, 15) is 0 Å². The van der Waals surface area contributed by atoms with Crippen LogP contribution in [0, 0.1) is 11.8 Å². The van der Waals surface area contributed by atoms with Crippen molar-refractivity contribution in [2.24, 2.45) is 0 Å². The van der Waals surface area contributed by atoms with Crippen LogP contribution in [0.4, 0.5) is 0 Å². The zero-order chi connectivity index (χ0) is 8.10. The van der Waals surface area contributed by atoms with E-state index >= 15 is 0 Å². The van der Waals surface area contributed by atoms with E-state index in [-0.39, 0.29) is 0 Å². The van der Waals surface area contributed by atoms with Crippen molar-refractivity contribution in [1.29, 1.82) is 0 Å². The molecule has 1 aromatic heterocycles. The van der Waals surface area contributed by atoms with Gasteiger partial charge in [-0.3, -0.25) is 4.98 Å². The maximum absolute atomic E-state index is 4.21. The minimum absolute atomic E-state index is 0.986. The van der Waals surface area contributed by atoms with Crippen molar-refractivity contribution in [1.82, 2.24) is 4.98 Å². The van der Waals surface area contributed by atoms with Crippen LogP contribution in [-0.4, -0.2) is 4.98 Å². The van der Waals surface area contributed by atoms with Crippen molar-refractivity contribution in [2.75, 3.05) is 0 Å². The molecule has 0 radical (unpaired) electrons. The van der Waals surface area contributed by atoms with Crippen LogP contribution in [0.3, 0.4) is 0 Å². The summed E-state index contributed by atoms with van der Waals surface area (Å²) >= 11 is 0. The summed E-state index contributed by atoms with van der Waals surface area (Å²) in [5.41, 5.74) is 2.11. The van der Waals surface area contributed by atoms with Crippen molar-refractivity contribution in [3.8, 4) is 11.8 Å². The zero-order valence-electron chi connectivity index (χ0n) is 6.89. The summed E-state index contributed by atoms with van der Waals surface area (Å²) in [6.45, 7) is 3.92. The summed E-state index contributed by atoms with van der Waals surface area (Å²) < 4.78 is 0. The van der Waals surface area contributed by atoms with Crippen LogP contribution in [-0.2, 0) is 6.42 Å². The topological polar surface area (TPSA) is 12.9 Å². The van der Waals surface area contributed by atoms with Gasteiger partial charge in [0.1, 0.15) is 0 Å². The predicted molar refractivity (Wildman–Crippen MR) is 46.2 cm³/mol. The number of hydrogen-bond acceptors (Lipinski definition) is 1. The van der Waals surface area contributed by atoms with Crippen molar-refractivity contribution in [3.05, 3.63) is 29.6 Å². The van der Waals surface area contributed by atoms with Crippen molar-refractivity contribution in [3.63, 3.8) is 0 Å². The summed E-state index contributed by atoms with van der Waals surface area (Å²) in [7, 11) is 0. The molecule has 56 valence electrons. The lowest BCUT2D eigenvalue weighted by atomic mass is 10.2. The number of hydrogen-bond donors (Lipinski definition) is 0. The van der Waals surface area contributed by atoms with Gasteiger partial charge in [0.25, 0.3) is 0 Å². The van der Waals surface area contributed by atoms with Crippen LogP contribution in [0.15, 0.2) is 18.3 Å². The van der Waals surface area contributed by atoms with Gasteiger partial charge in [-0.1, -0.05) is 12.8 Å². The molecule has 1 heteroatoms. The molecule has 0 aliphatic rings. The van der Waals surface area contributed by atoms with Crippen LogP contribution in [0.2, 0.25) is 0 Å². The first kappa shape index (κ1) is 7.81. The molecular formula is C10H11N. The molecule has 0 atom stereocenters. The van der Waals surface area contributed by atoms with Gasteiger partial charge in [-0.15, -0.1) is 5.92 Å². The van der Waals surface area contributed by atoms with Gasteiger partial charge in [-0.25, -0.2) is 0 Å². The molecule has 0 aliphatic heterocycles. The Morgan fingerprint density at radius 1 is 1.45 bits per heavy atom. The molecule has 11 heavy (non-hydrogen) atoms. The van der Waals surface area contributed by atoms with Gasteiger partial charge in [0.2, 0.25) is 0 Å². The van der Waals surface area contributed by atoms with Crippen LogP contribution in [0.25, 0.3) is 0 Å². The Hall–Kier alpha value is -1.29. The highest BCUT2D eigenvalue weighted by atomic mass is 14.7. The van der Waals surface area contributed by atoms with E-state index in [2.05, 4.69) is 23.7 Å². The normalized spacial score (nSPS) is 8.55. The number of pyridine rings is 1. The number of aromatic nitrogens is 1. The van der Waals surface area contributed by atoms with Gasteiger partial charge in [-0.05, 0) is 25.5 Å². The quantitative estimate of drug-likeness (QED) is 0.551. The molecule has 0 spiro atoms. The second-order valence-electron chi connectivity index (χ2n) is 2.27. The lowest BCUT2D eigenvalue weighted by Gasteiger charge is -1.93. The van der Waals surface area contributed by atoms with Gasteiger partial charge in [0.05, 0.1) is 0 Å². The highest BCUT2D eigenvalue weighted by Gasteiger charge is 1.88. The van der Waals surface area contributed by atoms with Gasteiger partial charge < -0.3 is 0 Å². The Morgan fingerprint density at radius 3 is 2.73 bits per heavy atom. The summed E-state index contributed by atoms with van der Waals surface area (Å²) in [5.74, 6) is 5.78. The third-order valence-corrected chi connectivity index (χ3v) is 1.46. The first-order valence-corrected chi connectivity index (χ1v) is 3.74. The van der Waals surface area contributed by atoms with Crippen LogP contribution >= 0.6 is 0 Å². The predicted octanol–water partition coefficient (Wildman–Crippen LogP) is 2.02. The van der Waals surface area contributed by atoms with Gasteiger partial charge in [-0.2, -0.15) is 0 Å². The van der Waals surface area contributed by atoms with Crippen molar-refractivity contribution < 1.29 is 0 Å². The lowest BCUT2D eigenvalue weighted by Crippen LogP contribution is -1.85. The maximum Gasteiger partial charge on any atom is 0.0428 e. The average Bonchev–Trinajstić information content (AvgIpc) is 2.07. The molecule has 0 saturated carbocycles. The summed E-state index contributed by atoms with van der Waals surface area (Å²) in [4.78, 5) is 4.21. The molecule has 1 heterocycles. The molecule has 0 bridgehead atoms. The third-order valence-electron chi connectivity index (χ3n) is 1.46. The largest absolute Gasteiger partial charge is 0.260 e. The summed E-state index contributed by atoms with van der Waals surface area (Å²) in [6.07, 6.45) is 2.80. The molecule has 0 aromatic carbocycles. The third kappa shape index (κ3) is 2.09. The molecule has 0 N–H and O–H groups in total. The SMILES string of the molecule is CC#Cc1ccc(CC)nc1. The Balaban J connectivity index is 2.88. The van der Waals surface area contributed by atoms with Gasteiger partial charge in [0.15, 0.2) is 0 Å². The van der Waals surface area contributed by atoms with Crippen molar-refractivity contribution >= 4 is 0 Å². The maximum atomic E-state index is 4.21. The molecule has 0 fully saturated rings. The second kappa shape index (κ2) is 3.78. The molecule has 0 amide bonds. The smallest absolute Gasteiger partial charge is 0.0428 e. The zero-order valence-corrected chi connectivity index (χ0v) is 6.89. The molecule has 1 nitrogen and oxygen atoms in total. The Labute approximate surface area is 67.5 Å². The van der Waals surface area contributed by atoms with E-state index in [1.807, 2.05) is 25.3 Å². The van der Waals surface area contributed by atoms with E-state index < -0.39 is 0 Å². The van der Waals surface area contributed by atoms with Crippen LogP contribution in [0.1, 0.15) is 25.1 Å². The van der Waals surface area contributed by atoms with E-state index in [1.165, 1.54) is 0 Å². The second-order valence-corrected chi connectivity index (χ2v) is 2.27. The Bertz CT molecular complexity index is 274. The summed E-state index contributed by atoms with van der Waals surface area (Å²) in [5, 5.41) is 0. The fraction of sp³-hybridized carbons (Fsp3) is 0.300. The van der Waals surface area contributed by atoms with E-state index in [0.29, 0.717) is 0 Å². The van der Waals surface area contributed by atoms with Gasteiger partial charge in [0, 0.05) is 17.5 Å². The highest BCUT2D eigenvalue weighted by Crippen LogP contribution is 1.98. The molecule has 1 rings (SSSR count). The first-order valence-electron chi connectivity index (χ1n) is 3.74. The van der Waals surface area contributed by atoms with Gasteiger partial charge >= 0.3 is 0 Å². The molecule has 1 aromatic rings. The minimum Gasteiger partial charge on any atom is -0.260 e. The van der Waals surface area contributed by atoms with E-state index in [4.69, 9.17) is 0 Å². The first-order chi connectivity index (χ1) is 5.36. The van der Waals surface area contributed by atoms with Crippen molar-refractivity contribution in [2.45, 2.75) is 20.3 Å². The Kier molecular flexibility index (Phi) is 2.68. The monoisotopic (exact) mass is 145 g/mol. The highest BCUT2D eigenvalue weighted by molar-refractivity contribution is 5.31. The molecule has 0 unspecified atom stereocenters. The lowest BCUT2D eigenvalue weighted by molar-refractivity contribution is 1.03. The standard InChI is InChI=1S/C10H11N/c1-3-5-9-6-7-10(4-2)11-8-9/h6-8H,4H2,1-2H3. The Morgan fingerprint density at radius 2 is 2.27 bits per heavy atom. The number of aryl methyl sites for hydroxylation is 1. The molecule has 0 aliphatic carbocycles. The average molecular weight is 145 g/mol. The molecule has 0 saturated heterocycles. The fourth-order valence-corrected chi connectivity index (χ4v) is 0.852. The summed E-state index contributed by atoms with van der Waals surface area (Å²) in [6, 6.07) is 4.02. The van der Waals surface area contributed by atoms with E-state index in [0.717, 1.165) is 17.7 Å².